The molecule has 5 heteroatoms. The van der Waals surface area contributed by atoms with Gasteiger partial charge in [-0.2, -0.15) is 0 Å². The van der Waals surface area contributed by atoms with Crippen LogP contribution in [0, 0.1) is 6.92 Å². The minimum atomic E-state index is -0.303. The summed E-state index contributed by atoms with van der Waals surface area (Å²) in [5.41, 5.74) is 2.16. The monoisotopic (exact) mass is 338 g/mol. The lowest BCUT2D eigenvalue weighted by Gasteiger charge is -2.43. The molecule has 1 heterocycles. The summed E-state index contributed by atoms with van der Waals surface area (Å²) >= 11 is 3.52. The molecule has 1 saturated carbocycles. The van der Waals surface area contributed by atoms with Gasteiger partial charge in [-0.15, -0.1) is 0 Å². The van der Waals surface area contributed by atoms with E-state index in [1.54, 1.807) is 7.11 Å². The number of fused-ring (bicyclic) bond motifs is 1. The molecule has 1 aliphatic carbocycles. The van der Waals surface area contributed by atoms with Crippen molar-refractivity contribution in [1.29, 1.82) is 0 Å². The van der Waals surface area contributed by atoms with E-state index in [1.807, 2.05) is 13.0 Å². The first-order chi connectivity index (χ1) is 9.56. The molecule has 20 heavy (non-hydrogen) atoms. The van der Waals surface area contributed by atoms with Gasteiger partial charge in [0.1, 0.15) is 5.66 Å². The number of carbonyl (C=O) groups is 1. The zero-order valence-corrected chi connectivity index (χ0v) is 13.4. The Labute approximate surface area is 127 Å². The Kier molecular flexibility index (Phi) is 3.40. The summed E-state index contributed by atoms with van der Waals surface area (Å²) in [7, 11) is 1.64. The topological polar surface area (TPSA) is 50.4 Å². The Bertz CT molecular complexity index is 565. The van der Waals surface area contributed by atoms with E-state index in [2.05, 4.69) is 26.6 Å². The van der Waals surface area contributed by atoms with Crippen LogP contribution >= 0.6 is 15.9 Å². The summed E-state index contributed by atoms with van der Waals surface area (Å²) < 4.78 is 6.37. The van der Waals surface area contributed by atoms with Crippen molar-refractivity contribution in [3.05, 3.63) is 21.7 Å². The van der Waals surface area contributed by atoms with Gasteiger partial charge >= 0.3 is 0 Å². The Morgan fingerprint density at radius 2 is 1.95 bits per heavy atom. The summed E-state index contributed by atoms with van der Waals surface area (Å²) in [5, 5.41) is 6.74. The molecular weight excluding hydrogens is 320 g/mol. The van der Waals surface area contributed by atoms with Crippen LogP contribution < -0.4 is 15.4 Å². The van der Waals surface area contributed by atoms with Crippen molar-refractivity contribution in [2.24, 2.45) is 0 Å². The number of halogens is 1. The van der Waals surface area contributed by atoms with Gasteiger partial charge in [-0.1, -0.05) is 6.42 Å². The Morgan fingerprint density at radius 3 is 2.60 bits per heavy atom. The maximum Gasteiger partial charge on any atom is 0.255 e. The molecule has 0 radical (unpaired) electrons. The highest BCUT2D eigenvalue weighted by Crippen LogP contribution is 2.43. The van der Waals surface area contributed by atoms with E-state index >= 15 is 0 Å². The third-order valence-corrected chi connectivity index (χ3v) is 4.88. The lowest BCUT2D eigenvalue weighted by Crippen LogP contribution is -2.58. The molecule has 0 atom stereocenters. The lowest BCUT2D eigenvalue weighted by atomic mass is 9.86. The molecule has 2 aliphatic rings. The van der Waals surface area contributed by atoms with Crippen LogP contribution in [0.15, 0.2) is 10.5 Å². The maximum atomic E-state index is 12.5. The predicted molar refractivity (Wildman–Crippen MR) is 82.3 cm³/mol. The number of ether oxygens (including phenoxy) is 1. The minimum absolute atomic E-state index is 0.00366. The van der Waals surface area contributed by atoms with Crippen molar-refractivity contribution in [2.45, 2.75) is 44.7 Å². The molecule has 1 spiro atoms. The molecule has 0 aromatic heterocycles. The van der Waals surface area contributed by atoms with Crippen LogP contribution in [0.2, 0.25) is 0 Å². The SMILES string of the molecule is COc1c(Br)cc(C)c2c1NC1(CCCCC1)NC2=O. The average Bonchev–Trinajstić information content (AvgIpc) is 2.38. The van der Waals surface area contributed by atoms with Crippen molar-refractivity contribution in [2.75, 3.05) is 12.4 Å². The van der Waals surface area contributed by atoms with Crippen LogP contribution in [0.4, 0.5) is 5.69 Å². The lowest BCUT2D eigenvalue weighted by molar-refractivity contribution is 0.0874. The van der Waals surface area contributed by atoms with Crippen LogP contribution in [0.3, 0.4) is 0 Å². The third-order valence-electron chi connectivity index (χ3n) is 4.29. The van der Waals surface area contributed by atoms with Crippen LogP contribution in [0.1, 0.15) is 48.0 Å². The second kappa shape index (κ2) is 4.95. The van der Waals surface area contributed by atoms with Gasteiger partial charge in [0.15, 0.2) is 5.75 Å². The highest BCUT2D eigenvalue weighted by Gasteiger charge is 2.40. The van der Waals surface area contributed by atoms with E-state index in [9.17, 15) is 4.79 Å². The largest absolute Gasteiger partial charge is 0.493 e. The maximum absolute atomic E-state index is 12.5. The fourth-order valence-corrected chi connectivity index (χ4v) is 4.03. The number of nitrogens with one attached hydrogen (secondary N) is 2. The van der Waals surface area contributed by atoms with Gasteiger partial charge in [0.2, 0.25) is 0 Å². The summed E-state index contributed by atoms with van der Waals surface area (Å²) in [4.78, 5) is 12.5. The molecule has 2 N–H and O–H groups in total. The quantitative estimate of drug-likeness (QED) is 0.822. The molecule has 3 rings (SSSR count). The van der Waals surface area contributed by atoms with Crippen molar-refractivity contribution in [1.82, 2.24) is 5.32 Å². The van der Waals surface area contributed by atoms with Crippen LogP contribution in [-0.2, 0) is 0 Å². The predicted octanol–water partition coefficient (Wildman–Crippen LogP) is 3.58. The molecule has 1 aromatic rings. The molecule has 0 unspecified atom stereocenters. The Morgan fingerprint density at radius 1 is 1.25 bits per heavy atom. The Hall–Kier alpha value is -1.23. The molecule has 1 aromatic carbocycles. The number of rotatable bonds is 1. The molecule has 1 amide bonds. The van der Waals surface area contributed by atoms with Crippen LogP contribution in [-0.4, -0.2) is 18.7 Å². The number of carbonyl (C=O) groups excluding carboxylic acids is 1. The van der Waals surface area contributed by atoms with Gasteiger partial charge in [-0.05, 0) is 60.2 Å². The molecule has 4 nitrogen and oxygen atoms in total. The number of hydrogen-bond donors (Lipinski definition) is 2. The van der Waals surface area contributed by atoms with Crippen LogP contribution in [0.25, 0.3) is 0 Å². The zero-order chi connectivity index (χ0) is 14.3. The van der Waals surface area contributed by atoms with Gasteiger partial charge in [0.25, 0.3) is 5.91 Å². The first-order valence-electron chi connectivity index (χ1n) is 7.04. The number of benzene rings is 1. The van der Waals surface area contributed by atoms with Crippen LogP contribution in [0.5, 0.6) is 5.75 Å². The number of methoxy groups -OCH3 is 1. The summed E-state index contributed by atoms with van der Waals surface area (Å²) in [5.74, 6) is 0.717. The van der Waals surface area contributed by atoms with E-state index in [0.29, 0.717) is 11.3 Å². The van der Waals surface area contributed by atoms with Gasteiger partial charge in [0, 0.05) is 0 Å². The van der Waals surface area contributed by atoms with Gasteiger partial charge < -0.3 is 15.4 Å². The third kappa shape index (κ3) is 2.08. The standard InChI is InChI=1S/C15H19BrN2O2/c1-9-8-10(16)13(20-2)12-11(9)14(19)18-15(17-12)6-4-3-5-7-15/h8,17H,3-7H2,1-2H3,(H,18,19). The van der Waals surface area contributed by atoms with E-state index in [4.69, 9.17) is 4.74 Å². The molecule has 1 fully saturated rings. The highest BCUT2D eigenvalue weighted by molar-refractivity contribution is 9.10. The molecule has 0 bridgehead atoms. The van der Waals surface area contributed by atoms with E-state index in [1.165, 1.54) is 6.42 Å². The smallest absolute Gasteiger partial charge is 0.255 e. The number of hydrogen-bond acceptors (Lipinski definition) is 3. The number of aryl methyl sites for hydroxylation is 1. The number of amides is 1. The number of anilines is 1. The highest BCUT2D eigenvalue weighted by atomic mass is 79.9. The summed E-state index contributed by atoms with van der Waals surface area (Å²) in [6.45, 7) is 1.95. The fourth-order valence-electron chi connectivity index (χ4n) is 3.33. The van der Waals surface area contributed by atoms with E-state index < -0.39 is 0 Å². The van der Waals surface area contributed by atoms with Crippen molar-refractivity contribution < 1.29 is 9.53 Å². The molecule has 0 saturated heterocycles. The van der Waals surface area contributed by atoms with Crippen molar-refractivity contribution in [3.63, 3.8) is 0 Å². The Balaban J connectivity index is 2.12. The molecular formula is C15H19BrN2O2. The average molecular weight is 339 g/mol. The first kappa shape index (κ1) is 13.7. The summed E-state index contributed by atoms with van der Waals surface area (Å²) in [6, 6.07) is 1.93. The van der Waals surface area contributed by atoms with Crippen molar-refractivity contribution >= 4 is 27.5 Å². The second-order valence-corrected chi connectivity index (χ2v) is 6.53. The molecule has 1 aliphatic heterocycles. The molecule has 108 valence electrons. The van der Waals surface area contributed by atoms with Gasteiger partial charge in [-0.25, -0.2) is 0 Å². The van der Waals surface area contributed by atoms with Gasteiger partial charge in [-0.3, -0.25) is 4.79 Å². The van der Waals surface area contributed by atoms with Gasteiger partial charge in [0.05, 0.1) is 22.8 Å². The second-order valence-electron chi connectivity index (χ2n) is 5.68. The fraction of sp³-hybridized carbons (Fsp3) is 0.533. The first-order valence-corrected chi connectivity index (χ1v) is 7.83. The zero-order valence-electron chi connectivity index (χ0n) is 11.8. The van der Waals surface area contributed by atoms with E-state index in [0.717, 1.165) is 41.4 Å². The minimum Gasteiger partial charge on any atom is -0.493 e. The van der Waals surface area contributed by atoms with Crippen molar-refractivity contribution in [3.8, 4) is 5.75 Å². The summed E-state index contributed by atoms with van der Waals surface area (Å²) in [6.07, 6.45) is 5.44. The van der Waals surface area contributed by atoms with E-state index in [-0.39, 0.29) is 11.6 Å². The normalized spacial score (nSPS) is 20.1.